The van der Waals surface area contributed by atoms with Crippen LogP contribution in [0.5, 0.6) is 11.5 Å². The summed E-state index contributed by atoms with van der Waals surface area (Å²) in [5, 5.41) is 19.7. The monoisotopic (exact) mass is 308 g/mol. The summed E-state index contributed by atoms with van der Waals surface area (Å²) in [6.45, 7) is 9.39. The average molecular weight is 308 g/mol. The number of phenolic OH excluding ortho intramolecular Hbond substituents is 2. The minimum absolute atomic E-state index is 0.00540. The number of carbonyl (C=O) groups excluding carboxylic acids is 1. The van der Waals surface area contributed by atoms with E-state index in [1.807, 2.05) is 25.1 Å². The molecular formula is C20H20O3. The van der Waals surface area contributed by atoms with Crippen LogP contribution in [0.25, 0.3) is 12.2 Å². The highest BCUT2D eigenvalue weighted by molar-refractivity contribution is 6.00. The fraction of sp³-hybridized carbons (Fsp3) is 0.150. The number of hydrogen-bond acceptors (Lipinski definition) is 3. The van der Waals surface area contributed by atoms with Gasteiger partial charge in [-0.05, 0) is 34.7 Å². The number of benzene rings is 2. The fourth-order valence-corrected chi connectivity index (χ4v) is 2.51. The molecule has 2 N–H and O–H groups in total. The third-order valence-corrected chi connectivity index (χ3v) is 3.83. The molecule has 3 nitrogen and oxygen atoms in total. The maximum Gasteiger partial charge on any atom is 0.170 e. The maximum absolute atomic E-state index is 12.5. The van der Waals surface area contributed by atoms with E-state index in [1.165, 1.54) is 6.07 Å². The van der Waals surface area contributed by atoms with Gasteiger partial charge in [-0.3, -0.25) is 4.79 Å². The molecule has 0 aliphatic carbocycles. The third-order valence-electron chi connectivity index (χ3n) is 3.83. The number of ketones is 1. The second kappa shape index (κ2) is 6.97. The first kappa shape index (κ1) is 16.6. The molecular weight excluding hydrogens is 288 g/mol. The molecule has 0 aliphatic rings. The highest BCUT2D eigenvalue weighted by Crippen LogP contribution is 2.29. The van der Waals surface area contributed by atoms with E-state index in [9.17, 15) is 15.0 Å². The Morgan fingerprint density at radius 2 is 1.74 bits per heavy atom. The second-order valence-electron chi connectivity index (χ2n) is 5.32. The second-order valence-corrected chi connectivity index (χ2v) is 5.32. The highest BCUT2D eigenvalue weighted by atomic mass is 16.3. The van der Waals surface area contributed by atoms with Crippen LogP contribution < -0.4 is 0 Å². The van der Waals surface area contributed by atoms with Gasteiger partial charge >= 0.3 is 0 Å². The SMILES string of the molecule is C=Cc1ccc(CC(=O)c2cc(CC)c(O)cc2O)cc1C=C. The molecule has 0 aliphatic heterocycles. The van der Waals surface area contributed by atoms with Gasteiger partial charge in [-0.2, -0.15) is 0 Å². The Hall–Kier alpha value is -2.81. The molecule has 23 heavy (non-hydrogen) atoms. The van der Waals surface area contributed by atoms with Crippen LogP contribution in [0.15, 0.2) is 43.5 Å². The molecule has 118 valence electrons. The Labute approximate surface area is 136 Å². The average Bonchev–Trinajstić information content (AvgIpc) is 2.54. The Bertz CT molecular complexity index is 773. The normalized spacial score (nSPS) is 10.3. The van der Waals surface area contributed by atoms with E-state index >= 15 is 0 Å². The van der Waals surface area contributed by atoms with Gasteiger partial charge in [0.25, 0.3) is 0 Å². The van der Waals surface area contributed by atoms with Gasteiger partial charge in [0, 0.05) is 12.5 Å². The zero-order chi connectivity index (χ0) is 17.0. The largest absolute Gasteiger partial charge is 0.508 e. The molecule has 2 aromatic carbocycles. The zero-order valence-corrected chi connectivity index (χ0v) is 13.2. The molecule has 2 aromatic rings. The number of carbonyl (C=O) groups is 1. The lowest BCUT2D eigenvalue weighted by molar-refractivity contribution is 0.0990. The van der Waals surface area contributed by atoms with Crippen LogP contribution >= 0.6 is 0 Å². The topological polar surface area (TPSA) is 57.5 Å². The zero-order valence-electron chi connectivity index (χ0n) is 13.2. The van der Waals surface area contributed by atoms with Gasteiger partial charge in [-0.25, -0.2) is 0 Å². The van der Waals surface area contributed by atoms with Crippen molar-refractivity contribution < 1.29 is 15.0 Å². The number of phenols is 2. The number of Topliss-reactive ketones (excluding diaryl/α,β-unsaturated/α-hetero) is 1. The first-order valence-corrected chi connectivity index (χ1v) is 7.46. The molecule has 0 aromatic heterocycles. The van der Waals surface area contributed by atoms with Crippen LogP contribution in [-0.4, -0.2) is 16.0 Å². The summed E-state index contributed by atoms with van der Waals surface area (Å²) in [6, 6.07) is 8.42. The van der Waals surface area contributed by atoms with Crippen LogP contribution in [0.2, 0.25) is 0 Å². The smallest absolute Gasteiger partial charge is 0.170 e. The fourth-order valence-electron chi connectivity index (χ4n) is 2.51. The van der Waals surface area contributed by atoms with Crippen LogP contribution in [0.1, 0.15) is 39.5 Å². The van der Waals surface area contributed by atoms with Crippen LogP contribution in [-0.2, 0) is 12.8 Å². The Kier molecular flexibility index (Phi) is 5.02. The summed E-state index contributed by atoms with van der Waals surface area (Å²) in [6.07, 6.45) is 4.21. The van der Waals surface area contributed by atoms with Crippen LogP contribution in [0, 0.1) is 0 Å². The summed E-state index contributed by atoms with van der Waals surface area (Å²) in [4.78, 5) is 12.5. The van der Waals surface area contributed by atoms with Gasteiger partial charge in [-0.15, -0.1) is 0 Å². The Morgan fingerprint density at radius 3 is 2.35 bits per heavy atom. The molecule has 0 saturated heterocycles. The predicted molar refractivity (Wildman–Crippen MR) is 93.8 cm³/mol. The van der Waals surface area contributed by atoms with Gasteiger partial charge in [0.05, 0.1) is 5.56 Å². The summed E-state index contributed by atoms with van der Waals surface area (Å²) in [7, 11) is 0. The van der Waals surface area contributed by atoms with Crippen molar-refractivity contribution in [2.75, 3.05) is 0 Å². The summed E-state index contributed by atoms with van der Waals surface area (Å²) >= 11 is 0. The van der Waals surface area contributed by atoms with E-state index in [-0.39, 0.29) is 29.3 Å². The van der Waals surface area contributed by atoms with Crippen molar-refractivity contribution >= 4 is 17.9 Å². The van der Waals surface area contributed by atoms with Gasteiger partial charge in [0.15, 0.2) is 5.78 Å². The van der Waals surface area contributed by atoms with Crippen molar-refractivity contribution in [3.05, 3.63) is 71.3 Å². The van der Waals surface area contributed by atoms with E-state index in [0.717, 1.165) is 16.7 Å². The Balaban J connectivity index is 2.32. The third kappa shape index (κ3) is 3.51. The summed E-state index contributed by atoms with van der Waals surface area (Å²) in [5.41, 5.74) is 3.57. The van der Waals surface area contributed by atoms with Gasteiger partial charge in [0.1, 0.15) is 11.5 Å². The Morgan fingerprint density at radius 1 is 1.04 bits per heavy atom. The lowest BCUT2D eigenvalue weighted by atomic mass is 9.96. The van der Waals surface area contributed by atoms with Crippen molar-refractivity contribution in [3.63, 3.8) is 0 Å². The van der Waals surface area contributed by atoms with Crippen LogP contribution in [0.3, 0.4) is 0 Å². The van der Waals surface area contributed by atoms with E-state index in [1.54, 1.807) is 18.2 Å². The number of aromatic hydroxyl groups is 2. The molecule has 0 unspecified atom stereocenters. The van der Waals surface area contributed by atoms with Crippen LogP contribution in [0.4, 0.5) is 0 Å². The molecule has 0 heterocycles. The van der Waals surface area contributed by atoms with Gasteiger partial charge in [-0.1, -0.05) is 50.4 Å². The molecule has 0 amide bonds. The van der Waals surface area contributed by atoms with Gasteiger partial charge in [0.2, 0.25) is 0 Å². The lowest BCUT2D eigenvalue weighted by Gasteiger charge is -2.09. The highest BCUT2D eigenvalue weighted by Gasteiger charge is 2.15. The van der Waals surface area contributed by atoms with Crippen molar-refractivity contribution in [2.24, 2.45) is 0 Å². The van der Waals surface area contributed by atoms with Crippen molar-refractivity contribution in [1.82, 2.24) is 0 Å². The van der Waals surface area contributed by atoms with E-state index in [0.29, 0.717) is 12.0 Å². The first-order chi connectivity index (χ1) is 11.0. The summed E-state index contributed by atoms with van der Waals surface area (Å²) < 4.78 is 0. The number of aryl methyl sites for hydroxylation is 1. The molecule has 0 radical (unpaired) electrons. The quantitative estimate of drug-likeness (QED) is 0.779. The molecule has 0 bridgehead atoms. The van der Waals surface area contributed by atoms with Crippen molar-refractivity contribution in [1.29, 1.82) is 0 Å². The number of rotatable bonds is 6. The first-order valence-electron chi connectivity index (χ1n) is 7.46. The molecule has 2 rings (SSSR count). The standard InChI is InChI=1S/C20H20O3/c1-4-14-8-7-13(9-15(14)5-2)10-19(22)17-11-16(6-3)18(21)12-20(17)23/h4-5,7-9,11-12,21,23H,1-2,6,10H2,3H3. The molecule has 0 atom stereocenters. The molecule has 0 fully saturated rings. The van der Waals surface area contributed by atoms with Crippen molar-refractivity contribution in [2.45, 2.75) is 19.8 Å². The van der Waals surface area contributed by atoms with Gasteiger partial charge < -0.3 is 10.2 Å². The van der Waals surface area contributed by atoms with E-state index < -0.39 is 0 Å². The van der Waals surface area contributed by atoms with E-state index in [4.69, 9.17) is 0 Å². The maximum atomic E-state index is 12.5. The summed E-state index contributed by atoms with van der Waals surface area (Å²) in [5.74, 6) is -0.388. The molecule has 3 heteroatoms. The van der Waals surface area contributed by atoms with Crippen molar-refractivity contribution in [3.8, 4) is 11.5 Å². The minimum atomic E-state index is -0.198. The number of hydrogen-bond donors (Lipinski definition) is 2. The lowest BCUT2D eigenvalue weighted by Crippen LogP contribution is -2.05. The predicted octanol–water partition coefficient (Wildman–Crippen LogP) is 4.37. The molecule has 0 spiro atoms. The minimum Gasteiger partial charge on any atom is -0.508 e. The van der Waals surface area contributed by atoms with E-state index in [2.05, 4.69) is 13.2 Å². The molecule has 0 saturated carbocycles.